The van der Waals surface area contributed by atoms with E-state index in [4.69, 9.17) is 4.74 Å². The molecule has 1 N–H and O–H groups in total. The molecule has 2 rings (SSSR count). The third kappa shape index (κ3) is 5.23. The van der Waals surface area contributed by atoms with Gasteiger partial charge in [0.25, 0.3) is 5.91 Å². The zero-order chi connectivity index (χ0) is 17.4. The number of hydrogen-bond donors (Lipinski definition) is 1. The van der Waals surface area contributed by atoms with E-state index in [-0.39, 0.29) is 12.5 Å². The van der Waals surface area contributed by atoms with E-state index in [9.17, 15) is 4.79 Å². The molecule has 4 heteroatoms. The number of nitrogens with one attached hydrogen (secondary N) is 1. The van der Waals surface area contributed by atoms with Gasteiger partial charge in [-0.1, -0.05) is 61.4 Å². The van der Waals surface area contributed by atoms with Gasteiger partial charge in [0.05, 0.1) is 5.71 Å². The van der Waals surface area contributed by atoms with Gasteiger partial charge in [0.1, 0.15) is 5.75 Å². The van der Waals surface area contributed by atoms with Gasteiger partial charge in [0, 0.05) is 0 Å². The van der Waals surface area contributed by atoms with Crippen LogP contribution < -0.4 is 10.2 Å². The van der Waals surface area contributed by atoms with Crippen LogP contribution >= 0.6 is 0 Å². The van der Waals surface area contributed by atoms with Crippen LogP contribution in [0.4, 0.5) is 0 Å². The number of benzene rings is 2. The van der Waals surface area contributed by atoms with Crippen molar-refractivity contribution in [1.29, 1.82) is 0 Å². The van der Waals surface area contributed by atoms with Gasteiger partial charge in [-0.25, -0.2) is 5.43 Å². The second-order valence-electron chi connectivity index (χ2n) is 5.77. The van der Waals surface area contributed by atoms with Crippen LogP contribution in [0.1, 0.15) is 36.5 Å². The third-order valence-corrected chi connectivity index (χ3v) is 3.60. The van der Waals surface area contributed by atoms with Crippen LogP contribution in [-0.2, 0) is 4.79 Å². The number of hydrazone groups is 1. The van der Waals surface area contributed by atoms with Gasteiger partial charge in [0.2, 0.25) is 0 Å². The molecule has 2 aromatic carbocycles. The van der Waals surface area contributed by atoms with Crippen LogP contribution in [0, 0.1) is 13.8 Å². The predicted molar refractivity (Wildman–Crippen MR) is 97.4 cm³/mol. The highest BCUT2D eigenvalue weighted by atomic mass is 16.5. The Bertz CT molecular complexity index is 709. The average Bonchev–Trinajstić information content (AvgIpc) is 2.58. The Balaban J connectivity index is 1.95. The molecule has 0 aromatic heterocycles. The highest BCUT2D eigenvalue weighted by Gasteiger charge is 2.06. The molecule has 0 atom stereocenters. The molecule has 4 nitrogen and oxygen atoms in total. The smallest absolute Gasteiger partial charge is 0.277 e. The van der Waals surface area contributed by atoms with Gasteiger partial charge in [0.15, 0.2) is 6.61 Å². The number of rotatable bonds is 7. The van der Waals surface area contributed by atoms with Crippen molar-refractivity contribution in [2.24, 2.45) is 5.10 Å². The minimum Gasteiger partial charge on any atom is -0.483 e. The standard InChI is InChI=1S/C20H24N2O2/c1-4-8-18(17-9-6-5-7-10-17)21-22-20(23)14-24-19-12-11-15(2)13-16(19)3/h5-7,9-13H,4,8,14H2,1-3H3,(H,22,23). The first-order valence-electron chi connectivity index (χ1n) is 8.21. The van der Waals surface area contributed by atoms with E-state index in [2.05, 4.69) is 17.5 Å². The van der Waals surface area contributed by atoms with Gasteiger partial charge in [-0.2, -0.15) is 5.10 Å². The quantitative estimate of drug-likeness (QED) is 0.618. The number of nitrogens with zero attached hydrogens (tertiary/aromatic N) is 1. The molecule has 0 aliphatic carbocycles. The molecular weight excluding hydrogens is 300 g/mol. The van der Waals surface area contributed by atoms with Crippen molar-refractivity contribution >= 4 is 11.6 Å². The monoisotopic (exact) mass is 324 g/mol. The summed E-state index contributed by atoms with van der Waals surface area (Å²) in [6.07, 6.45) is 1.77. The van der Waals surface area contributed by atoms with Crippen LogP contribution in [-0.4, -0.2) is 18.2 Å². The van der Waals surface area contributed by atoms with E-state index >= 15 is 0 Å². The largest absolute Gasteiger partial charge is 0.483 e. The SMILES string of the molecule is CCCC(=NNC(=O)COc1ccc(C)cc1C)c1ccccc1. The average molecular weight is 324 g/mol. The zero-order valence-corrected chi connectivity index (χ0v) is 14.5. The molecule has 0 aliphatic rings. The lowest BCUT2D eigenvalue weighted by atomic mass is 10.1. The minimum atomic E-state index is -0.264. The van der Waals surface area contributed by atoms with E-state index in [0.717, 1.165) is 35.4 Å². The number of aryl methyl sites for hydroxylation is 2. The topological polar surface area (TPSA) is 50.7 Å². The fourth-order valence-electron chi connectivity index (χ4n) is 2.40. The number of carbonyl (C=O) groups excluding carboxylic acids is 1. The van der Waals surface area contributed by atoms with Gasteiger partial charge in [-0.15, -0.1) is 0 Å². The number of hydrogen-bond acceptors (Lipinski definition) is 3. The molecule has 2 aromatic rings. The number of amides is 1. The van der Waals surface area contributed by atoms with Crippen molar-refractivity contribution < 1.29 is 9.53 Å². The summed E-state index contributed by atoms with van der Waals surface area (Å²) < 4.78 is 5.57. The highest BCUT2D eigenvalue weighted by molar-refractivity contribution is 6.01. The first kappa shape index (κ1) is 17.7. The third-order valence-electron chi connectivity index (χ3n) is 3.60. The van der Waals surface area contributed by atoms with Crippen molar-refractivity contribution in [3.8, 4) is 5.75 Å². The van der Waals surface area contributed by atoms with Gasteiger partial charge < -0.3 is 4.74 Å². The lowest BCUT2D eigenvalue weighted by molar-refractivity contribution is -0.123. The van der Waals surface area contributed by atoms with Crippen LogP contribution in [0.15, 0.2) is 53.6 Å². The second kappa shape index (κ2) is 8.87. The first-order valence-corrected chi connectivity index (χ1v) is 8.21. The first-order chi connectivity index (χ1) is 11.6. The van der Waals surface area contributed by atoms with Gasteiger partial charge >= 0.3 is 0 Å². The summed E-state index contributed by atoms with van der Waals surface area (Å²) in [5.74, 6) is 0.455. The molecule has 0 spiro atoms. The van der Waals surface area contributed by atoms with Gasteiger partial charge in [-0.05, 0) is 37.5 Å². The number of ether oxygens (including phenoxy) is 1. The predicted octanol–water partition coefficient (Wildman–Crippen LogP) is 4.00. The highest BCUT2D eigenvalue weighted by Crippen LogP contribution is 2.18. The van der Waals surface area contributed by atoms with E-state index in [0.29, 0.717) is 0 Å². The normalized spacial score (nSPS) is 11.2. The molecule has 126 valence electrons. The molecule has 0 saturated carbocycles. The van der Waals surface area contributed by atoms with Crippen molar-refractivity contribution in [3.63, 3.8) is 0 Å². The Kier molecular flexibility index (Phi) is 6.55. The Morgan fingerprint density at radius 1 is 1.12 bits per heavy atom. The maximum atomic E-state index is 12.0. The van der Waals surface area contributed by atoms with Crippen molar-refractivity contribution in [1.82, 2.24) is 5.43 Å². The molecule has 1 amide bonds. The van der Waals surface area contributed by atoms with Gasteiger partial charge in [-0.3, -0.25) is 4.79 Å². The lowest BCUT2D eigenvalue weighted by Gasteiger charge is -2.10. The number of carbonyl (C=O) groups is 1. The molecular formula is C20H24N2O2. The van der Waals surface area contributed by atoms with Crippen LogP contribution in [0.3, 0.4) is 0 Å². The Labute approximate surface area is 143 Å². The summed E-state index contributed by atoms with van der Waals surface area (Å²) >= 11 is 0. The van der Waals surface area contributed by atoms with Crippen molar-refractivity contribution in [3.05, 3.63) is 65.2 Å². The maximum absolute atomic E-state index is 12.0. The molecule has 0 saturated heterocycles. The van der Waals surface area contributed by atoms with Crippen LogP contribution in [0.2, 0.25) is 0 Å². The van der Waals surface area contributed by atoms with E-state index in [1.165, 1.54) is 5.56 Å². The Morgan fingerprint density at radius 2 is 1.88 bits per heavy atom. The Hall–Kier alpha value is -2.62. The summed E-state index contributed by atoms with van der Waals surface area (Å²) in [4.78, 5) is 12.0. The molecule has 0 heterocycles. The molecule has 0 aliphatic heterocycles. The summed E-state index contributed by atoms with van der Waals surface area (Å²) in [5, 5.41) is 4.27. The fraction of sp³-hybridized carbons (Fsp3) is 0.300. The van der Waals surface area contributed by atoms with Crippen molar-refractivity contribution in [2.75, 3.05) is 6.61 Å². The lowest BCUT2D eigenvalue weighted by Crippen LogP contribution is -2.26. The summed E-state index contributed by atoms with van der Waals surface area (Å²) in [6.45, 7) is 6.02. The van der Waals surface area contributed by atoms with Crippen LogP contribution in [0.5, 0.6) is 5.75 Å². The second-order valence-corrected chi connectivity index (χ2v) is 5.77. The summed E-state index contributed by atoms with van der Waals surface area (Å²) in [7, 11) is 0. The zero-order valence-electron chi connectivity index (χ0n) is 14.5. The van der Waals surface area contributed by atoms with Crippen molar-refractivity contribution in [2.45, 2.75) is 33.6 Å². The molecule has 24 heavy (non-hydrogen) atoms. The molecule has 0 fully saturated rings. The fourth-order valence-corrected chi connectivity index (χ4v) is 2.40. The summed E-state index contributed by atoms with van der Waals surface area (Å²) in [6, 6.07) is 15.8. The minimum absolute atomic E-state index is 0.0540. The van der Waals surface area contributed by atoms with E-state index < -0.39 is 0 Å². The van der Waals surface area contributed by atoms with E-state index in [1.54, 1.807) is 0 Å². The maximum Gasteiger partial charge on any atom is 0.277 e. The molecule has 0 radical (unpaired) electrons. The molecule has 0 bridgehead atoms. The van der Waals surface area contributed by atoms with Crippen LogP contribution in [0.25, 0.3) is 0 Å². The molecule has 0 unspecified atom stereocenters. The Morgan fingerprint density at radius 3 is 2.54 bits per heavy atom. The summed E-state index contributed by atoms with van der Waals surface area (Å²) in [5.41, 5.74) is 6.67. The van der Waals surface area contributed by atoms with E-state index in [1.807, 2.05) is 62.4 Å².